The lowest BCUT2D eigenvalue weighted by Crippen LogP contribution is -1.90. The van der Waals surface area contributed by atoms with Crippen molar-refractivity contribution in [3.05, 3.63) is 105 Å². The third-order valence-corrected chi connectivity index (χ3v) is 5.30. The monoisotopic (exact) mass is 471 g/mol. The number of rotatable bonds is 5. The van der Waals surface area contributed by atoms with Gasteiger partial charge in [0.1, 0.15) is 17.4 Å². The topological polar surface area (TPSA) is 92.4 Å². The Hall–Kier alpha value is -4.02. The Kier molecular flexibility index (Phi) is 5.74. The predicted molar refractivity (Wildman–Crippen MR) is 122 cm³/mol. The van der Waals surface area contributed by atoms with Crippen molar-refractivity contribution in [3.8, 4) is 28.5 Å². The second-order valence-electron chi connectivity index (χ2n) is 6.55. The molecular formula is C24H14BrN3O3. The van der Waals surface area contributed by atoms with E-state index in [0.29, 0.717) is 26.9 Å². The molecule has 0 aliphatic heterocycles. The van der Waals surface area contributed by atoms with Crippen LogP contribution in [0.15, 0.2) is 92.7 Å². The first kappa shape index (κ1) is 20.3. The summed E-state index contributed by atoms with van der Waals surface area (Å²) in [5, 5.41) is 20.8. The van der Waals surface area contributed by atoms with Gasteiger partial charge >= 0.3 is 0 Å². The van der Waals surface area contributed by atoms with Gasteiger partial charge in [0.05, 0.1) is 4.92 Å². The fourth-order valence-electron chi connectivity index (χ4n) is 3.15. The van der Waals surface area contributed by atoms with Crippen molar-refractivity contribution in [3.63, 3.8) is 0 Å². The molecule has 150 valence electrons. The minimum atomic E-state index is -0.468. The van der Waals surface area contributed by atoms with Crippen molar-refractivity contribution < 1.29 is 9.34 Å². The van der Waals surface area contributed by atoms with Crippen molar-refractivity contribution >= 4 is 33.7 Å². The minimum absolute atomic E-state index is 0.0301. The minimum Gasteiger partial charge on any atom is -0.436 e. The van der Waals surface area contributed by atoms with Crippen LogP contribution >= 0.6 is 15.9 Å². The highest BCUT2D eigenvalue weighted by molar-refractivity contribution is 9.10. The van der Waals surface area contributed by atoms with Gasteiger partial charge in [-0.3, -0.25) is 10.1 Å². The summed E-state index contributed by atoms with van der Waals surface area (Å²) in [4.78, 5) is 14.9. The maximum atomic E-state index is 10.9. The quantitative estimate of drug-likeness (QED) is 0.179. The van der Waals surface area contributed by atoms with Gasteiger partial charge in [-0.05, 0) is 27.6 Å². The molecule has 1 heterocycles. The van der Waals surface area contributed by atoms with Gasteiger partial charge in [-0.15, -0.1) is 0 Å². The molecule has 0 saturated heterocycles. The Labute approximate surface area is 186 Å². The molecule has 0 atom stereocenters. The number of benzene rings is 3. The molecule has 0 amide bonds. The first-order valence-electron chi connectivity index (χ1n) is 9.24. The maximum Gasteiger partial charge on any atom is 0.270 e. The lowest BCUT2D eigenvalue weighted by atomic mass is 9.98. The fourth-order valence-corrected chi connectivity index (χ4v) is 3.62. The lowest BCUT2D eigenvalue weighted by molar-refractivity contribution is -0.384. The van der Waals surface area contributed by atoms with E-state index in [1.807, 2.05) is 60.7 Å². The highest BCUT2D eigenvalue weighted by atomic mass is 79.9. The Balaban J connectivity index is 1.84. The maximum absolute atomic E-state index is 10.9. The molecule has 0 spiro atoms. The van der Waals surface area contributed by atoms with Gasteiger partial charge in [-0.2, -0.15) is 5.26 Å². The van der Waals surface area contributed by atoms with Crippen molar-refractivity contribution in [2.75, 3.05) is 0 Å². The van der Waals surface area contributed by atoms with Crippen molar-refractivity contribution in [2.24, 2.45) is 4.99 Å². The van der Waals surface area contributed by atoms with Crippen molar-refractivity contribution in [1.29, 1.82) is 5.26 Å². The van der Waals surface area contributed by atoms with E-state index in [9.17, 15) is 15.4 Å². The second-order valence-corrected chi connectivity index (χ2v) is 7.41. The van der Waals surface area contributed by atoms with Crippen molar-refractivity contribution in [2.45, 2.75) is 0 Å². The van der Waals surface area contributed by atoms with Crippen LogP contribution in [0.1, 0.15) is 11.1 Å². The summed E-state index contributed by atoms with van der Waals surface area (Å²) in [7, 11) is 0. The van der Waals surface area contributed by atoms with Crippen LogP contribution in [0.25, 0.3) is 22.5 Å². The van der Waals surface area contributed by atoms with Gasteiger partial charge in [-0.1, -0.05) is 60.7 Å². The summed E-state index contributed by atoms with van der Waals surface area (Å²) >= 11 is 3.33. The van der Waals surface area contributed by atoms with Crippen LogP contribution in [-0.4, -0.2) is 11.1 Å². The van der Waals surface area contributed by atoms with Gasteiger partial charge in [0.2, 0.25) is 5.88 Å². The molecule has 7 heteroatoms. The number of furan rings is 1. The molecule has 0 N–H and O–H groups in total. The van der Waals surface area contributed by atoms with E-state index in [2.05, 4.69) is 27.0 Å². The molecule has 0 aliphatic carbocycles. The molecule has 6 nitrogen and oxygen atoms in total. The van der Waals surface area contributed by atoms with Crippen LogP contribution in [0.2, 0.25) is 0 Å². The number of nitro groups is 1. The molecule has 0 unspecified atom stereocenters. The van der Waals surface area contributed by atoms with E-state index >= 15 is 0 Å². The SMILES string of the molecule is N#Cc1c(N=Cc2ccc([N+](=O)[O-])cc2Br)oc(-c2ccccc2)c1-c1ccccc1. The van der Waals surface area contributed by atoms with Gasteiger partial charge in [0, 0.05) is 39.5 Å². The van der Waals surface area contributed by atoms with Crippen LogP contribution in [-0.2, 0) is 0 Å². The summed E-state index contributed by atoms with van der Waals surface area (Å²) in [6.07, 6.45) is 1.51. The van der Waals surface area contributed by atoms with Crippen LogP contribution in [0.3, 0.4) is 0 Å². The normalized spacial score (nSPS) is 10.8. The Morgan fingerprint density at radius 1 is 1.00 bits per heavy atom. The number of aliphatic imine (C=N–C) groups is 1. The molecule has 4 rings (SSSR count). The van der Waals surface area contributed by atoms with Crippen LogP contribution < -0.4 is 0 Å². The fraction of sp³-hybridized carbons (Fsp3) is 0. The molecule has 0 bridgehead atoms. The summed E-state index contributed by atoms with van der Waals surface area (Å²) in [6, 6.07) is 25.7. The molecule has 0 saturated carbocycles. The molecular weight excluding hydrogens is 458 g/mol. The van der Waals surface area contributed by atoms with E-state index in [0.717, 1.165) is 11.1 Å². The molecule has 0 fully saturated rings. The van der Waals surface area contributed by atoms with E-state index in [1.165, 1.54) is 18.3 Å². The molecule has 1 aromatic heterocycles. The largest absolute Gasteiger partial charge is 0.436 e. The first-order valence-corrected chi connectivity index (χ1v) is 10.0. The number of nitrogens with zero attached hydrogens (tertiary/aromatic N) is 3. The number of halogens is 1. The number of nitriles is 1. The highest BCUT2D eigenvalue weighted by Gasteiger charge is 2.22. The zero-order valence-electron chi connectivity index (χ0n) is 16.0. The second kappa shape index (κ2) is 8.78. The number of non-ortho nitro benzene ring substituents is 1. The average Bonchev–Trinajstić information content (AvgIpc) is 3.18. The van der Waals surface area contributed by atoms with Crippen molar-refractivity contribution in [1.82, 2.24) is 0 Å². The van der Waals surface area contributed by atoms with E-state index in [-0.39, 0.29) is 11.6 Å². The highest BCUT2D eigenvalue weighted by Crippen LogP contribution is 2.42. The van der Waals surface area contributed by atoms with Gasteiger partial charge in [-0.25, -0.2) is 4.99 Å². The number of nitro benzene ring substituents is 1. The van der Waals surface area contributed by atoms with E-state index < -0.39 is 4.92 Å². The Morgan fingerprint density at radius 3 is 2.23 bits per heavy atom. The Bertz CT molecular complexity index is 1320. The van der Waals surface area contributed by atoms with Crippen LogP contribution in [0.4, 0.5) is 11.6 Å². The first-order chi connectivity index (χ1) is 15.1. The summed E-state index contributed by atoms with van der Waals surface area (Å²) < 4.78 is 6.57. The molecule has 0 radical (unpaired) electrons. The third-order valence-electron chi connectivity index (χ3n) is 4.62. The lowest BCUT2D eigenvalue weighted by Gasteiger charge is -2.03. The summed E-state index contributed by atoms with van der Waals surface area (Å²) in [5.74, 6) is 0.726. The third kappa shape index (κ3) is 4.15. The molecule has 31 heavy (non-hydrogen) atoms. The number of hydrogen-bond donors (Lipinski definition) is 0. The van der Waals surface area contributed by atoms with E-state index in [4.69, 9.17) is 4.42 Å². The Morgan fingerprint density at radius 2 is 1.65 bits per heavy atom. The average molecular weight is 472 g/mol. The smallest absolute Gasteiger partial charge is 0.270 e. The standard InChI is InChI=1S/C24H14BrN3O3/c25-21-13-19(28(29)30)12-11-18(21)15-27-24-20(14-26)22(16-7-3-1-4-8-16)23(31-24)17-9-5-2-6-10-17/h1-13,15H. The summed E-state index contributed by atoms with van der Waals surface area (Å²) in [6.45, 7) is 0. The van der Waals surface area contributed by atoms with Gasteiger partial charge in [0.25, 0.3) is 5.69 Å². The van der Waals surface area contributed by atoms with E-state index in [1.54, 1.807) is 6.07 Å². The molecule has 4 aromatic rings. The van der Waals surface area contributed by atoms with Gasteiger partial charge in [0.15, 0.2) is 0 Å². The molecule has 0 aliphatic rings. The summed E-state index contributed by atoms with van der Waals surface area (Å²) in [5.41, 5.74) is 3.25. The van der Waals surface area contributed by atoms with Crippen LogP contribution in [0, 0.1) is 21.4 Å². The zero-order valence-corrected chi connectivity index (χ0v) is 17.6. The van der Waals surface area contributed by atoms with Crippen LogP contribution in [0.5, 0.6) is 0 Å². The zero-order chi connectivity index (χ0) is 21.8. The number of hydrogen-bond acceptors (Lipinski definition) is 5. The predicted octanol–water partition coefficient (Wildman–Crippen LogP) is 6.91. The van der Waals surface area contributed by atoms with Gasteiger partial charge < -0.3 is 4.42 Å². The molecule has 3 aromatic carbocycles.